The number of benzene rings is 3. The molecule has 0 aliphatic heterocycles. The van der Waals surface area contributed by atoms with Crippen molar-refractivity contribution in [3.8, 4) is 11.1 Å². The number of halogens is 2. The van der Waals surface area contributed by atoms with E-state index in [4.69, 9.17) is 11.6 Å². The average Bonchev–Trinajstić information content (AvgIpc) is 3.26. The van der Waals surface area contributed by atoms with Gasteiger partial charge in [-0.1, -0.05) is 41.9 Å². The van der Waals surface area contributed by atoms with Crippen LogP contribution in [0.25, 0.3) is 22.0 Å². The van der Waals surface area contributed by atoms with E-state index < -0.39 is 17.6 Å². The van der Waals surface area contributed by atoms with Crippen LogP contribution in [0.1, 0.15) is 48.5 Å². The molecule has 8 nitrogen and oxygen atoms in total. The standard InChI is InChI=1S/C30H28ClFN4O4/c1-17(2)35(15-27(39)33-25-11-7-9-22(29(25)32)21-8-5-6-10-24(21)31)28(40)16-36-26-13-12-20(18(3)37)14-23(26)30(34-36)19(4)38/h5-14,17H,15-16H2,1-4H3,(H,33,39). The van der Waals surface area contributed by atoms with Crippen LogP contribution in [0, 0.1) is 5.82 Å². The molecule has 0 aliphatic rings. The number of carbonyl (C=O) groups is 4. The predicted molar refractivity (Wildman–Crippen MR) is 152 cm³/mol. The summed E-state index contributed by atoms with van der Waals surface area (Å²) in [5.41, 5.74) is 1.77. The van der Waals surface area contributed by atoms with Crippen LogP contribution in [0.3, 0.4) is 0 Å². The highest BCUT2D eigenvalue weighted by molar-refractivity contribution is 6.33. The van der Waals surface area contributed by atoms with Crippen LogP contribution in [0.5, 0.6) is 0 Å². The van der Waals surface area contributed by atoms with Gasteiger partial charge < -0.3 is 10.2 Å². The SMILES string of the molecule is CC(=O)c1ccc2c(c1)c(C(C)=O)nn2CC(=O)N(CC(=O)Nc1cccc(-c2ccccc2Cl)c1F)C(C)C. The maximum atomic E-state index is 15.3. The molecule has 0 unspecified atom stereocenters. The summed E-state index contributed by atoms with van der Waals surface area (Å²) in [7, 11) is 0. The van der Waals surface area contributed by atoms with Crippen LogP contribution in [-0.4, -0.2) is 50.6 Å². The molecule has 3 aromatic carbocycles. The Kier molecular flexibility index (Phi) is 8.44. The summed E-state index contributed by atoms with van der Waals surface area (Å²) < 4.78 is 16.7. The van der Waals surface area contributed by atoms with Gasteiger partial charge in [0.15, 0.2) is 17.4 Å². The Labute approximate surface area is 235 Å². The van der Waals surface area contributed by atoms with E-state index in [1.165, 1.54) is 29.5 Å². The molecular weight excluding hydrogens is 535 g/mol. The van der Waals surface area contributed by atoms with Crippen molar-refractivity contribution in [2.45, 2.75) is 40.3 Å². The number of nitrogens with zero attached hydrogens (tertiary/aromatic N) is 3. The zero-order valence-electron chi connectivity index (χ0n) is 22.5. The lowest BCUT2D eigenvalue weighted by atomic mass is 10.0. The lowest BCUT2D eigenvalue weighted by molar-refractivity contribution is -0.137. The molecule has 206 valence electrons. The van der Waals surface area contributed by atoms with Crippen LogP contribution in [0.2, 0.25) is 5.02 Å². The maximum absolute atomic E-state index is 15.3. The second-order valence-electron chi connectivity index (χ2n) is 9.66. The Balaban J connectivity index is 1.55. The number of hydrogen-bond acceptors (Lipinski definition) is 5. The van der Waals surface area contributed by atoms with Crippen LogP contribution in [0.15, 0.2) is 60.7 Å². The normalized spacial score (nSPS) is 11.1. The van der Waals surface area contributed by atoms with Gasteiger partial charge >= 0.3 is 0 Å². The Morgan fingerprint density at radius 2 is 1.68 bits per heavy atom. The predicted octanol–water partition coefficient (Wildman–Crippen LogP) is 5.78. The summed E-state index contributed by atoms with van der Waals surface area (Å²) in [5, 5.41) is 7.72. The first-order valence-corrected chi connectivity index (χ1v) is 13.0. The third-order valence-corrected chi connectivity index (χ3v) is 6.80. The first-order chi connectivity index (χ1) is 19.0. The van der Waals surface area contributed by atoms with E-state index in [2.05, 4.69) is 10.4 Å². The number of fused-ring (bicyclic) bond motifs is 1. The fraction of sp³-hybridized carbons (Fsp3) is 0.233. The first-order valence-electron chi connectivity index (χ1n) is 12.6. The number of anilines is 1. The van der Waals surface area contributed by atoms with Gasteiger partial charge in [0.25, 0.3) is 0 Å². The Morgan fingerprint density at radius 3 is 2.33 bits per heavy atom. The van der Waals surface area contributed by atoms with Gasteiger partial charge in [-0.15, -0.1) is 0 Å². The van der Waals surface area contributed by atoms with E-state index >= 15 is 4.39 Å². The second kappa shape index (κ2) is 11.8. The molecule has 40 heavy (non-hydrogen) atoms. The highest BCUT2D eigenvalue weighted by Crippen LogP contribution is 2.32. The molecule has 10 heteroatoms. The average molecular weight is 563 g/mol. The third-order valence-electron chi connectivity index (χ3n) is 6.47. The minimum Gasteiger partial charge on any atom is -0.329 e. The number of hydrogen-bond donors (Lipinski definition) is 1. The molecule has 0 radical (unpaired) electrons. The summed E-state index contributed by atoms with van der Waals surface area (Å²) in [5.74, 6) is -2.12. The van der Waals surface area contributed by atoms with Gasteiger partial charge in [0.2, 0.25) is 11.8 Å². The summed E-state index contributed by atoms with van der Waals surface area (Å²) in [6, 6.07) is 15.9. The van der Waals surface area contributed by atoms with Crippen molar-refractivity contribution in [1.29, 1.82) is 0 Å². The van der Waals surface area contributed by atoms with Crippen molar-refractivity contribution in [2.75, 3.05) is 11.9 Å². The van der Waals surface area contributed by atoms with Crippen molar-refractivity contribution in [2.24, 2.45) is 0 Å². The van der Waals surface area contributed by atoms with Gasteiger partial charge in [-0.05, 0) is 51.1 Å². The van der Waals surface area contributed by atoms with Crippen LogP contribution < -0.4 is 5.32 Å². The highest BCUT2D eigenvalue weighted by atomic mass is 35.5. The molecule has 2 amide bonds. The van der Waals surface area contributed by atoms with Crippen molar-refractivity contribution >= 4 is 51.6 Å². The number of carbonyl (C=O) groups excluding carboxylic acids is 4. The van der Waals surface area contributed by atoms with Gasteiger partial charge in [0.05, 0.1) is 11.2 Å². The largest absolute Gasteiger partial charge is 0.329 e. The van der Waals surface area contributed by atoms with Gasteiger partial charge in [-0.3, -0.25) is 23.9 Å². The number of amides is 2. The van der Waals surface area contributed by atoms with E-state index in [9.17, 15) is 19.2 Å². The summed E-state index contributed by atoms with van der Waals surface area (Å²) in [6.07, 6.45) is 0. The zero-order chi connectivity index (χ0) is 29.1. The molecule has 0 atom stereocenters. The van der Waals surface area contributed by atoms with Gasteiger partial charge in [-0.25, -0.2) is 4.39 Å². The Morgan fingerprint density at radius 1 is 0.975 bits per heavy atom. The molecule has 0 saturated carbocycles. The van der Waals surface area contributed by atoms with E-state index in [0.29, 0.717) is 27.1 Å². The highest BCUT2D eigenvalue weighted by Gasteiger charge is 2.24. The number of ketones is 2. The van der Waals surface area contributed by atoms with E-state index in [1.54, 1.807) is 68.4 Å². The molecular formula is C30H28ClFN4O4. The quantitative estimate of drug-likeness (QED) is 0.261. The molecule has 1 N–H and O–H groups in total. The Hall–Kier alpha value is -4.37. The molecule has 0 spiro atoms. The smallest absolute Gasteiger partial charge is 0.245 e. The van der Waals surface area contributed by atoms with Gasteiger partial charge in [0, 0.05) is 40.1 Å². The minimum atomic E-state index is -0.643. The third kappa shape index (κ3) is 5.94. The minimum absolute atomic E-state index is 0.0379. The molecule has 4 rings (SSSR count). The second-order valence-corrected chi connectivity index (χ2v) is 10.1. The molecule has 1 heterocycles. The molecule has 0 aliphatic carbocycles. The molecule has 0 saturated heterocycles. The van der Waals surface area contributed by atoms with Gasteiger partial charge in [-0.2, -0.15) is 5.10 Å². The van der Waals surface area contributed by atoms with Crippen molar-refractivity contribution in [3.05, 3.63) is 82.8 Å². The first kappa shape index (κ1) is 28.6. The van der Waals surface area contributed by atoms with Crippen LogP contribution >= 0.6 is 11.6 Å². The van der Waals surface area contributed by atoms with Crippen LogP contribution in [-0.2, 0) is 16.1 Å². The van der Waals surface area contributed by atoms with Crippen molar-refractivity contribution in [3.63, 3.8) is 0 Å². The van der Waals surface area contributed by atoms with Crippen LogP contribution in [0.4, 0.5) is 10.1 Å². The lowest BCUT2D eigenvalue weighted by Gasteiger charge is -2.26. The van der Waals surface area contributed by atoms with E-state index in [1.807, 2.05) is 0 Å². The molecule has 1 aromatic heterocycles. The number of rotatable bonds is 9. The summed E-state index contributed by atoms with van der Waals surface area (Å²) in [6.45, 7) is 5.72. The zero-order valence-corrected chi connectivity index (χ0v) is 23.3. The number of nitrogens with one attached hydrogen (secondary N) is 1. The maximum Gasteiger partial charge on any atom is 0.245 e. The fourth-order valence-electron chi connectivity index (χ4n) is 4.42. The van der Waals surface area contributed by atoms with E-state index in [0.717, 1.165) is 0 Å². The molecule has 4 aromatic rings. The molecule has 0 fully saturated rings. The number of aromatic nitrogens is 2. The van der Waals surface area contributed by atoms with Gasteiger partial charge in [0.1, 0.15) is 18.8 Å². The fourth-order valence-corrected chi connectivity index (χ4v) is 4.65. The summed E-state index contributed by atoms with van der Waals surface area (Å²) >= 11 is 6.23. The topological polar surface area (TPSA) is 101 Å². The summed E-state index contributed by atoms with van der Waals surface area (Å²) in [4.78, 5) is 51.7. The van der Waals surface area contributed by atoms with Crippen molar-refractivity contribution < 1.29 is 23.6 Å². The van der Waals surface area contributed by atoms with E-state index in [-0.39, 0.29) is 47.6 Å². The lowest BCUT2D eigenvalue weighted by Crippen LogP contribution is -2.44. The number of Topliss-reactive ketones (excluding diaryl/α,β-unsaturated/α-hetero) is 2. The Bertz CT molecular complexity index is 1650. The molecule has 0 bridgehead atoms. The monoisotopic (exact) mass is 562 g/mol. The van der Waals surface area contributed by atoms with Crippen molar-refractivity contribution in [1.82, 2.24) is 14.7 Å².